The van der Waals surface area contributed by atoms with Crippen LogP contribution in [0.1, 0.15) is 18.6 Å². The number of rotatable bonds is 11. The van der Waals surface area contributed by atoms with Gasteiger partial charge >= 0.3 is 0 Å². The summed E-state index contributed by atoms with van der Waals surface area (Å²) in [6.07, 6.45) is 5.45. The van der Waals surface area contributed by atoms with Crippen molar-refractivity contribution in [2.24, 2.45) is 0 Å². The quantitative estimate of drug-likeness (QED) is 0.113. The van der Waals surface area contributed by atoms with Crippen LogP contribution in [0.5, 0.6) is 11.5 Å². The lowest BCUT2D eigenvalue weighted by Gasteiger charge is -2.28. The van der Waals surface area contributed by atoms with Crippen LogP contribution in [-0.2, 0) is 12.8 Å². The summed E-state index contributed by atoms with van der Waals surface area (Å²) < 4.78 is 6.89. The summed E-state index contributed by atoms with van der Waals surface area (Å²) in [4.78, 5) is 0. The lowest BCUT2D eigenvalue weighted by Crippen LogP contribution is -2.35. The molecular formula is C38H35Cl3O2P+. The molecule has 0 saturated carbocycles. The van der Waals surface area contributed by atoms with E-state index in [0.29, 0.717) is 45.6 Å². The number of phenols is 1. The van der Waals surface area contributed by atoms with E-state index in [4.69, 9.17) is 39.5 Å². The predicted octanol–water partition coefficient (Wildman–Crippen LogP) is 10.4. The normalized spacial score (nSPS) is 11.0. The number of allylic oxidation sites excluding steroid dienone is 2. The molecule has 0 atom stereocenters. The molecule has 224 valence electrons. The molecule has 6 heteroatoms. The summed E-state index contributed by atoms with van der Waals surface area (Å²) >= 11 is 19.1. The van der Waals surface area contributed by atoms with Gasteiger partial charge in [0.1, 0.15) is 27.4 Å². The van der Waals surface area contributed by atoms with Crippen molar-refractivity contribution in [2.45, 2.75) is 20.3 Å². The number of ether oxygens (including phenoxy) is 1. The fraction of sp³-hybridized carbons (Fsp3) is 0.105. The van der Waals surface area contributed by atoms with E-state index in [1.165, 1.54) is 0 Å². The fourth-order valence-corrected chi connectivity index (χ4v) is 9.25. The average molecular weight is 661 g/mol. The van der Waals surface area contributed by atoms with E-state index in [2.05, 4.69) is 55.6 Å². The van der Waals surface area contributed by atoms with E-state index >= 15 is 0 Å². The smallest absolute Gasteiger partial charge is 0.210 e. The summed E-state index contributed by atoms with van der Waals surface area (Å²) in [5.41, 5.74) is 3.63. The highest BCUT2D eigenvalue weighted by Gasteiger charge is 2.47. The SMILES string of the molecule is C.C=CCc1ccc(O)c(-c2cc(CC=C)ccc2OC[P+](c2ccc(Cl)cc2)(c2ccc(Cl)cc2)c2ccc(Cl)cc2)c1. The van der Waals surface area contributed by atoms with Gasteiger partial charge in [-0.1, -0.05) is 66.5 Å². The van der Waals surface area contributed by atoms with Gasteiger partial charge in [0.25, 0.3) is 0 Å². The van der Waals surface area contributed by atoms with Crippen molar-refractivity contribution in [3.8, 4) is 22.6 Å². The fourth-order valence-electron chi connectivity index (χ4n) is 5.22. The Morgan fingerprint density at radius 1 is 0.591 bits per heavy atom. The molecule has 0 unspecified atom stereocenters. The average Bonchev–Trinajstić information content (AvgIpc) is 3.01. The first-order valence-corrected chi connectivity index (χ1v) is 16.9. The Hall–Kier alpha value is -3.52. The third-order valence-electron chi connectivity index (χ3n) is 7.37. The number of halogens is 3. The zero-order valence-electron chi connectivity index (χ0n) is 23.5. The maximum atomic E-state index is 11.0. The van der Waals surface area contributed by atoms with Gasteiger partial charge in [0.2, 0.25) is 6.35 Å². The lowest BCUT2D eigenvalue weighted by molar-refractivity contribution is 0.389. The summed E-state index contributed by atoms with van der Waals surface area (Å²) in [6.45, 7) is 7.79. The number of aromatic hydroxyl groups is 1. The van der Waals surface area contributed by atoms with Gasteiger partial charge in [-0.3, -0.25) is 0 Å². The summed E-state index contributed by atoms with van der Waals surface area (Å²) in [7, 11) is -2.44. The number of phenolic OH excluding ortho intramolecular Hbond substituents is 1. The van der Waals surface area contributed by atoms with Gasteiger partial charge in [-0.05, 0) is 121 Å². The van der Waals surface area contributed by atoms with Crippen LogP contribution in [0.2, 0.25) is 15.1 Å². The second kappa shape index (κ2) is 15.0. The minimum absolute atomic E-state index is 0. The first-order valence-electron chi connectivity index (χ1n) is 13.8. The van der Waals surface area contributed by atoms with Crippen molar-refractivity contribution in [3.63, 3.8) is 0 Å². The summed E-state index contributed by atoms with van der Waals surface area (Å²) in [5, 5.41) is 16.3. The second-order valence-corrected chi connectivity index (χ2v) is 14.9. The van der Waals surface area contributed by atoms with Gasteiger partial charge in [-0.2, -0.15) is 0 Å². The Morgan fingerprint density at radius 2 is 1.00 bits per heavy atom. The van der Waals surface area contributed by atoms with E-state index < -0.39 is 7.26 Å². The maximum Gasteiger partial charge on any atom is 0.210 e. The van der Waals surface area contributed by atoms with E-state index in [9.17, 15) is 5.11 Å². The molecule has 0 heterocycles. The summed E-state index contributed by atoms with van der Waals surface area (Å²) in [6, 6.07) is 35.6. The molecule has 0 spiro atoms. The molecule has 0 amide bonds. The maximum absolute atomic E-state index is 11.0. The zero-order chi connectivity index (χ0) is 30.4. The first kappa shape index (κ1) is 33.4. The van der Waals surface area contributed by atoms with Crippen LogP contribution >= 0.6 is 42.1 Å². The van der Waals surface area contributed by atoms with E-state index in [0.717, 1.165) is 32.6 Å². The third-order valence-corrected chi connectivity index (χ3v) is 12.2. The van der Waals surface area contributed by atoms with Gasteiger partial charge < -0.3 is 9.84 Å². The molecule has 5 aromatic rings. The number of hydrogen-bond donors (Lipinski definition) is 1. The number of hydrogen-bond acceptors (Lipinski definition) is 2. The van der Waals surface area contributed by atoms with Gasteiger partial charge in [0, 0.05) is 26.2 Å². The molecule has 0 aromatic heterocycles. The van der Waals surface area contributed by atoms with Crippen LogP contribution in [0.25, 0.3) is 11.1 Å². The molecule has 5 aromatic carbocycles. The van der Waals surface area contributed by atoms with Crippen LogP contribution in [0.15, 0.2) is 135 Å². The van der Waals surface area contributed by atoms with Crippen LogP contribution in [0.4, 0.5) is 0 Å². The Morgan fingerprint density at radius 3 is 1.43 bits per heavy atom. The summed E-state index contributed by atoms with van der Waals surface area (Å²) in [5.74, 6) is 0.850. The highest BCUT2D eigenvalue weighted by Crippen LogP contribution is 2.56. The molecule has 2 nitrogen and oxygen atoms in total. The molecule has 0 aliphatic heterocycles. The van der Waals surface area contributed by atoms with Crippen LogP contribution in [-0.4, -0.2) is 11.5 Å². The molecule has 44 heavy (non-hydrogen) atoms. The molecular weight excluding hydrogens is 626 g/mol. The van der Waals surface area contributed by atoms with Crippen molar-refractivity contribution in [1.82, 2.24) is 0 Å². The van der Waals surface area contributed by atoms with Crippen molar-refractivity contribution >= 4 is 58.0 Å². The molecule has 1 N–H and O–H groups in total. The van der Waals surface area contributed by atoms with Gasteiger partial charge in [0.15, 0.2) is 7.26 Å². The van der Waals surface area contributed by atoms with Crippen LogP contribution in [0.3, 0.4) is 0 Å². The molecule has 0 radical (unpaired) electrons. The second-order valence-electron chi connectivity index (χ2n) is 10.2. The monoisotopic (exact) mass is 659 g/mol. The molecule has 5 rings (SSSR count). The number of benzene rings is 5. The highest BCUT2D eigenvalue weighted by molar-refractivity contribution is 7.95. The van der Waals surface area contributed by atoms with E-state index in [-0.39, 0.29) is 13.2 Å². The highest BCUT2D eigenvalue weighted by atomic mass is 35.5. The Kier molecular flexibility index (Phi) is 11.4. The Bertz CT molecular complexity index is 1620. The van der Waals surface area contributed by atoms with Gasteiger partial charge in [-0.25, -0.2) is 0 Å². The van der Waals surface area contributed by atoms with Crippen molar-refractivity contribution in [2.75, 3.05) is 6.35 Å². The molecule has 0 bridgehead atoms. The molecule has 0 fully saturated rings. The minimum Gasteiger partial charge on any atom is -0.507 e. The zero-order valence-corrected chi connectivity index (χ0v) is 26.7. The Balaban J connectivity index is 0.00000442. The predicted molar refractivity (Wildman–Crippen MR) is 194 cm³/mol. The van der Waals surface area contributed by atoms with Crippen LogP contribution < -0.4 is 20.7 Å². The topological polar surface area (TPSA) is 29.5 Å². The van der Waals surface area contributed by atoms with E-state index in [1.54, 1.807) is 6.07 Å². The van der Waals surface area contributed by atoms with Gasteiger partial charge in [0.05, 0.1) is 0 Å². The lowest BCUT2D eigenvalue weighted by atomic mass is 9.97. The Labute approximate surface area is 276 Å². The van der Waals surface area contributed by atoms with Crippen LogP contribution in [0, 0.1) is 0 Å². The third kappa shape index (κ3) is 7.23. The molecule has 0 aliphatic carbocycles. The van der Waals surface area contributed by atoms with E-state index in [1.807, 2.05) is 72.8 Å². The molecule has 0 saturated heterocycles. The standard InChI is InChI=1S/C37H30Cl3O2P.CH4/c1-3-5-26-7-21-36(41)34(23-26)35-24-27(6-4-2)8-22-37(35)42-25-43(31-15-9-28(38)10-16-31,32-17-11-29(39)12-18-32)33-19-13-30(40)14-20-33;/h3-4,7-24H,1-2,5-6,25H2;1H4/p+1. The van der Waals surface area contributed by atoms with Crippen molar-refractivity contribution in [3.05, 3.63) is 161 Å². The van der Waals surface area contributed by atoms with Gasteiger partial charge in [-0.15, -0.1) is 13.2 Å². The largest absolute Gasteiger partial charge is 0.507 e. The minimum atomic E-state index is -2.44. The first-order chi connectivity index (χ1) is 20.8. The van der Waals surface area contributed by atoms with Crippen molar-refractivity contribution < 1.29 is 9.84 Å². The van der Waals surface area contributed by atoms with Crippen molar-refractivity contribution in [1.29, 1.82) is 0 Å². The molecule has 0 aliphatic rings.